The van der Waals surface area contributed by atoms with Gasteiger partial charge in [-0.3, -0.25) is 4.57 Å². The second-order valence-corrected chi connectivity index (χ2v) is 6.72. The summed E-state index contributed by atoms with van der Waals surface area (Å²) in [5.41, 5.74) is -1.60. The molecular formula is C15H14F3O3P. The minimum atomic E-state index is -4.60. The molecule has 0 aromatic heterocycles. The third kappa shape index (κ3) is 4.19. The fourth-order valence-corrected chi connectivity index (χ4v) is 3.19. The van der Waals surface area contributed by atoms with Crippen LogP contribution >= 0.6 is 7.60 Å². The third-order valence-electron chi connectivity index (χ3n) is 3.28. The van der Waals surface area contributed by atoms with Crippen LogP contribution in [0.1, 0.15) is 22.3 Å². The third-order valence-corrected chi connectivity index (χ3v) is 4.57. The van der Waals surface area contributed by atoms with Gasteiger partial charge in [0.25, 0.3) is 0 Å². The molecule has 7 heteroatoms. The maximum atomic E-state index is 12.8. The van der Waals surface area contributed by atoms with E-state index in [0.717, 1.165) is 18.2 Å². The van der Waals surface area contributed by atoms with E-state index in [2.05, 4.69) is 0 Å². The molecule has 0 bridgehead atoms. The van der Waals surface area contributed by atoms with Gasteiger partial charge in [0.15, 0.2) is 0 Å². The Bertz CT molecular complexity index is 680. The monoisotopic (exact) mass is 330 g/mol. The fraction of sp³-hybridized carbons (Fsp3) is 0.200. The summed E-state index contributed by atoms with van der Waals surface area (Å²) >= 11 is 0. The van der Waals surface area contributed by atoms with Crippen LogP contribution in [0.3, 0.4) is 0 Å². The van der Waals surface area contributed by atoms with Gasteiger partial charge in [-0.25, -0.2) is 0 Å². The molecule has 2 N–H and O–H groups in total. The molecule has 3 nitrogen and oxygen atoms in total. The molecule has 0 aliphatic rings. The van der Waals surface area contributed by atoms with Crippen molar-refractivity contribution in [2.45, 2.75) is 18.3 Å². The van der Waals surface area contributed by atoms with Crippen molar-refractivity contribution in [2.24, 2.45) is 0 Å². The highest BCUT2D eigenvalue weighted by atomic mass is 31.2. The molecule has 2 rings (SSSR count). The Morgan fingerprint density at radius 2 is 1.64 bits per heavy atom. The standard InChI is InChI=1S/C15H14F3O3P/c16-15(17,18)13-8-4-7-12(10-13)14(22(19,20)21)9-11-5-2-1-3-6-11/h1-8,10,14H,9H2,(H2,19,20,21). The lowest BCUT2D eigenvalue weighted by Crippen LogP contribution is -2.09. The molecule has 0 aliphatic heterocycles. The number of rotatable bonds is 4. The van der Waals surface area contributed by atoms with Crippen molar-refractivity contribution >= 4 is 7.60 Å². The first kappa shape index (κ1) is 16.7. The van der Waals surface area contributed by atoms with Crippen LogP contribution in [0.15, 0.2) is 54.6 Å². The minimum Gasteiger partial charge on any atom is -0.324 e. The first-order chi connectivity index (χ1) is 10.2. The van der Waals surface area contributed by atoms with Crippen LogP contribution < -0.4 is 0 Å². The Morgan fingerprint density at radius 3 is 2.18 bits per heavy atom. The molecule has 2 aromatic carbocycles. The summed E-state index contributed by atoms with van der Waals surface area (Å²) < 4.78 is 50.0. The largest absolute Gasteiger partial charge is 0.416 e. The van der Waals surface area contributed by atoms with Gasteiger partial charge in [-0.15, -0.1) is 0 Å². The molecule has 0 radical (unpaired) electrons. The fourth-order valence-electron chi connectivity index (χ4n) is 2.19. The summed E-state index contributed by atoms with van der Waals surface area (Å²) in [5, 5.41) is 0. The number of benzene rings is 2. The van der Waals surface area contributed by atoms with E-state index in [1.807, 2.05) is 0 Å². The highest BCUT2D eigenvalue weighted by Crippen LogP contribution is 2.53. The molecule has 0 saturated carbocycles. The molecule has 1 unspecified atom stereocenters. The lowest BCUT2D eigenvalue weighted by atomic mass is 10.0. The van der Waals surface area contributed by atoms with Gasteiger partial charge >= 0.3 is 13.8 Å². The predicted molar refractivity (Wildman–Crippen MR) is 76.4 cm³/mol. The lowest BCUT2D eigenvalue weighted by molar-refractivity contribution is -0.137. The van der Waals surface area contributed by atoms with Gasteiger partial charge < -0.3 is 9.79 Å². The highest BCUT2D eigenvalue weighted by Gasteiger charge is 2.34. The summed E-state index contributed by atoms with van der Waals surface area (Å²) in [7, 11) is -4.60. The van der Waals surface area contributed by atoms with Gasteiger partial charge in [0.2, 0.25) is 0 Å². The zero-order valence-electron chi connectivity index (χ0n) is 11.4. The molecule has 0 saturated heterocycles. The minimum absolute atomic E-state index is 0.0213. The second-order valence-electron chi connectivity index (χ2n) is 4.92. The number of hydrogen-bond acceptors (Lipinski definition) is 1. The van der Waals surface area contributed by atoms with Crippen LogP contribution in [0.5, 0.6) is 0 Å². The molecular weight excluding hydrogens is 316 g/mol. The van der Waals surface area contributed by atoms with Crippen molar-refractivity contribution in [3.05, 3.63) is 71.3 Å². The Hall–Kier alpha value is -1.62. The summed E-state index contributed by atoms with van der Waals surface area (Å²) in [6.07, 6.45) is -4.59. The van der Waals surface area contributed by atoms with E-state index < -0.39 is 25.0 Å². The average molecular weight is 330 g/mol. The number of hydrogen-bond donors (Lipinski definition) is 2. The highest BCUT2D eigenvalue weighted by molar-refractivity contribution is 7.52. The van der Waals surface area contributed by atoms with E-state index in [-0.39, 0.29) is 12.0 Å². The van der Waals surface area contributed by atoms with Gasteiger partial charge in [-0.2, -0.15) is 13.2 Å². The van der Waals surface area contributed by atoms with Crippen molar-refractivity contribution in [2.75, 3.05) is 0 Å². The van der Waals surface area contributed by atoms with E-state index in [1.165, 1.54) is 6.07 Å². The Kier molecular flexibility index (Phi) is 4.75. The van der Waals surface area contributed by atoms with Crippen LogP contribution in [0.4, 0.5) is 13.2 Å². The van der Waals surface area contributed by atoms with Crippen molar-refractivity contribution in [3.63, 3.8) is 0 Å². The number of alkyl halides is 3. The maximum absolute atomic E-state index is 12.8. The van der Waals surface area contributed by atoms with Gasteiger partial charge in [0.05, 0.1) is 11.2 Å². The molecule has 0 aliphatic carbocycles. The van der Waals surface area contributed by atoms with E-state index in [4.69, 9.17) is 0 Å². The van der Waals surface area contributed by atoms with Gasteiger partial charge in [-0.1, -0.05) is 48.5 Å². The predicted octanol–water partition coefficient (Wildman–Crippen LogP) is 4.17. The van der Waals surface area contributed by atoms with Crippen LogP contribution in [0.2, 0.25) is 0 Å². The molecule has 0 heterocycles. The second kappa shape index (κ2) is 6.24. The lowest BCUT2D eigenvalue weighted by Gasteiger charge is -2.20. The first-order valence-electron chi connectivity index (χ1n) is 6.44. The molecule has 118 valence electrons. The summed E-state index contributed by atoms with van der Waals surface area (Å²) in [4.78, 5) is 19.0. The van der Waals surface area contributed by atoms with Crippen molar-refractivity contribution < 1.29 is 27.5 Å². The van der Waals surface area contributed by atoms with Gasteiger partial charge in [0.1, 0.15) is 0 Å². The van der Waals surface area contributed by atoms with E-state index in [9.17, 15) is 27.5 Å². The van der Waals surface area contributed by atoms with Crippen LogP contribution in [0, 0.1) is 0 Å². The SMILES string of the molecule is O=P(O)(O)C(Cc1ccccc1)c1cccc(C(F)(F)F)c1. The first-order valence-corrected chi connectivity index (χ1v) is 8.12. The Morgan fingerprint density at radius 1 is 1.00 bits per heavy atom. The summed E-state index contributed by atoms with van der Waals surface area (Å²) in [6.45, 7) is 0. The van der Waals surface area contributed by atoms with Crippen LogP contribution in [0.25, 0.3) is 0 Å². The molecule has 0 fully saturated rings. The Labute approximate surface area is 125 Å². The van der Waals surface area contributed by atoms with E-state index in [0.29, 0.717) is 5.56 Å². The zero-order valence-corrected chi connectivity index (χ0v) is 12.3. The molecule has 2 aromatic rings. The smallest absolute Gasteiger partial charge is 0.324 e. The van der Waals surface area contributed by atoms with E-state index >= 15 is 0 Å². The molecule has 1 atom stereocenters. The molecule has 0 spiro atoms. The summed E-state index contributed by atoms with van der Waals surface area (Å²) in [5.74, 6) is 0. The van der Waals surface area contributed by atoms with Crippen molar-refractivity contribution in [3.8, 4) is 0 Å². The number of halogens is 3. The van der Waals surface area contributed by atoms with Crippen LogP contribution in [-0.4, -0.2) is 9.79 Å². The molecule has 0 amide bonds. The van der Waals surface area contributed by atoms with E-state index in [1.54, 1.807) is 30.3 Å². The normalized spacial score (nSPS) is 13.9. The Balaban J connectivity index is 2.41. The average Bonchev–Trinajstić information content (AvgIpc) is 2.44. The van der Waals surface area contributed by atoms with Crippen molar-refractivity contribution in [1.82, 2.24) is 0 Å². The van der Waals surface area contributed by atoms with Gasteiger partial charge in [-0.05, 0) is 23.6 Å². The van der Waals surface area contributed by atoms with Crippen LogP contribution in [-0.2, 0) is 17.2 Å². The summed E-state index contributed by atoms with van der Waals surface area (Å²) in [6, 6.07) is 12.7. The quantitative estimate of drug-likeness (QED) is 0.828. The van der Waals surface area contributed by atoms with Crippen molar-refractivity contribution in [1.29, 1.82) is 0 Å². The molecule has 22 heavy (non-hydrogen) atoms. The van der Waals surface area contributed by atoms with Gasteiger partial charge in [0, 0.05) is 0 Å². The maximum Gasteiger partial charge on any atom is 0.416 e. The topological polar surface area (TPSA) is 57.5 Å². The zero-order chi connectivity index (χ0) is 16.4.